The lowest BCUT2D eigenvalue weighted by Gasteiger charge is -2.49. The van der Waals surface area contributed by atoms with Crippen LogP contribution in [0.15, 0.2) is 44.6 Å². The quantitative estimate of drug-likeness (QED) is 0.131. The van der Waals surface area contributed by atoms with E-state index >= 15 is 0 Å². The topological polar surface area (TPSA) is 173 Å². The molecule has 184 valence electrons. The standard InChI is InChI=1S/C20H21N7O5S3/c1-2-5-32-26-13(12-6-11(21)3-4-22-12)16(28)24-14-17(29)27-15(19(30)31)10(7-33-18(14)27)8-34-20-25-23-9-35-20/h3-4,6,9,14,18H,2,5,7-8H2,1H3,(H2,21,22)(H,24,28)(H,30,31)/t14?,18-/m0/s1. The van der Waals surface area contributed by atoms with Crippen molar-refractivity contribution in [3.8, 4) is 0 Å². The van der Waals surface area contributed by atoms with Crippen LogP contribution in [-0.4, -0.2) is 78.2 Å². The monoisotopic (exact) mass is 535 g/mol. The number of carbonyl (C=O) groups excluding carboxylic acids is 2. The predicted octanol–water partition coefficient (Wildman–Crippen LogP) is 1.18. The van der Waals surface area contributed by atoms with E-state index in [1.807, 2.05) is 6.92 Å². The molecule has 4 N–H and O–H groups in total. The molecule has 0 aromatic carbocycles. The van der Waals surface area contributed by atoms with Crippen molar-refractivity contribution in [2.75, 3.05) is 23.8 Å². The number of β-lactam (4-membered cyclic amide) rings is 1. The van der Waals surface area contributed by atoms with Gasteiger partial charge in [0.2, 0.25) is 0 Å². The van der Waals surface area contributed by atoms with Gasteiger partial charge in [0.15, 0.2) is 10.1 Å². The number of nitrogens with one attached hydrogen (secondary N) is 1. The summed E-state index contributed by atoms with van der Waals surface area (Å²) in [6, 6.07) is 2.13. The first-order chi connectivity index (χ1) is 16.9. The number of thioether (sulfide) groups is 2. The number of rotatable bonds is 10. The first-order valence-corrected chi connectivity index (χ1v) is 13.3. The summed E-state index contributed by atoms with van der Waals surface area (Å²) in [5.74, 6) is -1.62. The third kappa shape index (κ3) is 5.41. The van der Waals surface area contributed by atoms with Gasteiger partial charge in [0.1, 0.15) is 29.2 Å². The highest BCUT2D eigenvalue weighted by Crippen LogP contribution is 2.41. The molecule has 2 aliphatic heterocycles. The molecule has 0 radical (unpaired) electrons. The van der Waals surface area contributed by atoms with Gasteiger partial charge < -0.3 is 21.0 Å². The molecule has 2 aliphatic rings. The number of hydrogen-bond donors (Lipinski definition) is 3. The van der Waals surface area contributed by atoms with Gasteiger partial charge in [0, 0.05) is 23.4 Å². The van der Waals surface area contributed by atoms with Gasteiger partial charge in [-0.25, -0.2) is 4.79 Å². The summed E-state index contributed by atoms with van der Waals surface area (Å²) in [7, 11) is 0. The summed E-state index contributed by atoms with van der Waals surface area (Å²) < 4.78 is 0.710. The van der Waals surface area contributed by atoms with E-state index in [9.17, 15) is 19.5 Å². The molecule has 4 heterocycles. The van der Waals surface area contributed by atoms with E-state index in [2.05, 4.69) is 25.7 Å². The van der Waals surface area contributed by atoms with Crippen LogP contribution in [0.3, 0.4) is 0 Å². The second-order valence-corrected chi connectivity index (χ2v) is 10.5. The molecule has 0 aliphatic carbocycles. The first kappa shape index (κ1) is 24.9. The molecule has 12 nitrogen and oxygen atoms in total. The van der Waals surface area contributed by atoms with Crippen molar-refractivity contribution in [2.24, 2.45) is 5.16 Å². The molecule has 15 heteroatoms. The molecule has 4 rings (SSSR count). The number of anilines is 1. The Hall–Kier alpha value is -3.17. The molecule has 0 bridgehead atoms. The molecule has 1 fully saturated rings. The Morgan fingerprint density at radius 2 is 2.29 bits per heavy atom. The molecule has 2 atom stereocenters. The SMILES string of the molecule is CCCON=C(C(=O)NC1C(=O)N2C(C(=O)O)=C(CSc3nncs3)CS[C@@H]12)c1cc(N)ccn1. The number of nitrogens with zero attached hydrogens (tertiary/aromatic N) is 5. The third-order valence-electron chi connectivity index (χ3n) is 4.94. The molecule has 2 aromatic rings. The number of nitrogens with two attached hydrogens (primary N) is 1. The van der Waals surface area contributed by atoms with Gasteiger partial charge in [0.25, 0.3) is 11.8 Å². The average Bonchev–Trinajstić information content (AvgIpc) is 3.36. The first-order valence-electron chi connectivity index (χ1n) is 10.4. The van der Waals surface area contributed by atoms with Gasteiger partial charge >= 0.3 is 5.97 Å². The van der Waals surface area contributed by atoms with E-state index < -0.39 is 29.2 Å². The number of pyridine rings is 1. The second kappa shape index (κ2) is 11.0. The summed E-state index contributed by atoms with van der Waals surface area (Å²) in [5, 5.41) is 23.5. The Balaban J connectivity index is 1.50. The van der Waals surface area contributed by atoms with Crippen LogP contribution in [0.4, 0.5) is 5.69 Å². The lowest BCUT2D eigenvalue weighted by atomic mass is 10.0. The zero-order chi connectivity index (χ0) is 24.9. The molecule has 0 saturated carbocycles. The molecule has 2 aromatic heterocycles. The van der Waals surface area contributed by atoms with Gasteiger partial charge in [-0.2, -0.15) is 0 Å². The highest BCUT2D eigenvalue weighted by atomic mass is 32.2. The smallest absolute Gasteiger partial charge is 0.352 e. The number of nitrogen functional groups attached to an aromatic ring is 1. The van der Waals surface area contributed by atoms with Crippen LogP contribution in [-0.2, 0) is 19.2 Å². The Morgan fingerprint density at radius 1 is 1.46 bits per heavy atom. The summed E-state index contributed by atoms with van der Waals surface area (Å²) in [6.07, 6.45) is 2.12. The highest BCUT2D eigenvalue weighted by molar-refractivity contribution is 8.01. The summed E-state index contributed by atoms with van der Waals surface area (Å²) in [4.78, 5) is 48.6. The van der Waals surface area contributed by atoms with Crippen LogP contribution >= 0.6 is 34.9 Å². The minimum absolute atomic E-state index is 0.0565. The Morgan fingerprint density at radius 3 is 2.97 bits per heavy atom. The van der Waals surface area contributed by atoms with Crippen LogP contribution < -0.4 is 11.1 Å². The van der Waals surface area contributed by atoms with Crippen molar-refractivity contribution in [3.63, 3.8) is 0 Å². The fourth-order valence-corrected chi connectivity index (χ4v) is 6.33. The maximum atomic E-state index is 13.1. The van der Waals surface area contributed by atoms with Crippen LogP contribution in [0, 0.1) is 0 Å². The number of carbonyl (C=O) groups is 3. The van der Waals surface area contributed by atoms with Crippen LogP contribution in [0.5, 0.6) is 0 Å². The van der Waals surface area contributed by atoms with E-state index in [1.54, 1.807) is 11.6 Å². The second-order valence-electron chi connectivity index (χ2n) is 7.36. The lowest BCUT2D eigenvalue weighted by molar-refractivity contribution is -0.150. The third-order valence-corrected chi connectivity index (χ3v) is 8.23. The van der Waals surface area contributed by atoms with E-state index in [-0.39, 0.29) is 23.7 Å². The molecule has 2 amide bonds. The number of aromatic nitrogens is 3. The van der Waals surface area contributed by atoms with Crippen molar-refractivity contribution >= 4 is 64.0 Å². The molecule has 1 unspecified atom stereocenters. The highest BCUT2D eigenvalue weighted by Gasteiger charge is 2.54. The number of fused-ring (bicyclic) bond motifs is 1. The van der Waals surface area contributed by atoms with Crippen molar-refractivity contribution in [3.05, 3.63) is 40.8 Å². The molecular formula is C20H21N7O5S3. The maximum Gasteiger partial charge on any atom is 0.352 e. The summed E-state index contributed by atoms with van der Waals surface area (Å²) in [6.45, 7) is 2.18. The van der Waals surface area contributed by atoms with Crippen LogP contribution in [0.2, 0.25) is 0 Å². The fraction of sp³-hybridized carbons (Fsp3) is 0.350. The van der Waals surface area contributed by atoms with Crippen LogP contribution in [0.25, 0.3) is 0 Å². The Labute approximate surface area is 212 Å². The zero-order valence-corrected chi connectivity index (χ0v) is 20.9. The fourth-order valence-electron chi connectivity index (χ4n) is 3.36. The van der Waals surface area contributed by atoms with Gasteiger partial charge in [0.05, 0.1) is 5.69 Å². The molecule has 1 saturated heterocycles. The molecule has 0 spiro atoms. The number of hydrogen-bond acceptors (Lipinski definition) is 12. The van der Waals surface area contributed by atoms with Crippen molar-refractivity contribution in [1.82, 2.24) is 25.4 Å². The van der Waals surface area contributed by atoms with Crippen LogP contribution in [0.1, 0.15) is 19.0 Å². The van der Waals surface area contributed by atoms with Crippen molar-refractivity contribution in [2.45, 2.75) is 29.1 Å². The minimum Gasteiger partial charge on any atom is -0.477 e. The molecule has 35 heavy (non-hydrogen) atoms. The largest absolute Gasteiger partial charge is 0.477 e. The summed E-state index contributed by atoms with van der Waals surface area (Å²) >= 11 is 4.10. The van der Waals surface area contributed by atoms with Gasteiger partial charge in [-0.05, 0) is 24.1 Å². The Kier molecular flexibility index (Phi) is 7.87. The predicted molar refractivity (Wildman–Crippen MR) is 132 cm³/mol. The van der Waals surface area contributed by atoms with E-state index in [4.69, 9.17) is 10.6 Å². The zero-order valence-electron chi connectivity index (χ0n) is 18.4. The summed E-state index contributed by atoms with van der Waals surface area (Å²) in [5.41, 5.74) is 8.41. The van der Waals surface area contributed by atoms with E-state index in [0.29, 0.717) is 33.5 Å². The average molecular weight is 536 g/mol. The maximum absolute atomic E-state index is 13.1. The molecular weight excluding hydrogens is 514 g/mol. The normalized spacial score (nSPS) is 19.7. The number of amides is 2. The van der Waals surface area contributed by atoms with Gasteiger partial charge in [-0.15, -0.1) is 22.0 Å². The minimum atomic E-state index is -1.19. The van der Waals surface area contributed by atoms with E-state index in [0.717, 1.165) is 0 Å². The van der Waals surface area contributed by atoms with Crippen molar-refractivity contribution in [1.29, 1.82) is 0 Å². The number of aliphatic carboxylic acids is 1. The number of oxime groups is 1. The van der Waals surface area contributed by atoms with Crippen molar-refractivity contribution < 1.29 is 24.3 Å². The Bertz CT molecular complexity index is 1190. The number of carboxylic acid groups (broad SMARTS) is 1. The number of carboxylic acids is 1. The van der Waals surface area contributed by atoms with E-state index in [1.165, 1.54) is 52.0 Å². The van der Waals surface area contributed by atoms with Gasteiger partial charge in [-0.1, -0.05) is 35.2 Å². The van der Waals surface area contributed by atoms with Gasteiger partial charge in [-0.3, -0.25) is 19.5 Å². The lowest BCUT2D eigenvalue weighted by Crippen LogP contribution is -2.71.